The van der Waals surface area contributed by atoms with Crippen molar-refractivity contribution in [3.63, 3.8) is 0 Å². The Morgan fingerprint density at radius 3 is 2.45 bits per heavy atom. The topological polar surface area (TPSA) is 151 Å². The van der Waals surface area contributed by atoms with Crippen molar-refractivity contribution in [1.29, 1.82) is 0 Å². The van der Waals surface area contributed by atoms with Crippen LogP contribution < -0.4 is 16.5 Å². The van der Waals surface area contributed by atoms with Crippen molar-refractivity contribution in [3.05, 3.63) is 141 Å². The van der Waals surface area contributed by atoms with Crippen LogP contribution in [-0.4, -0.2) is 67.9 Å². The molecular weight excluding hydrogens is 814 g/mol. The second-order valence-electron chi connectivity index (χ2n) is 17.5. The van der Waals surface area contributed by atoms with Gasteiger partial charge in [0.15, 0.2) is 0 Å². The zero-order chi connectivity index (χ0) is 44.3. The number of nitrogens with zero attached hydrogens (tertiary/aromatic N) is 9. The van der Waals surface area contributed by atoms with E-state index < -0.39 is 17.8 Å². The number of hydroxylamine groups is 1. The molecule has 1 saturated heterocycles. The summed E-state index contributed by atoms with van der Waals surface area (Å²) in [6.07, 6.45) is 7.78. The highest BCUT2D eigenvalue weighted by molar-refractivity contribution is 6.00. The third-order valence-corrected chi connectivity index (χ3v) is 13.7. The number of hydrogen-bond donors (Lipinski definition) is 2. The van der Waals surface area contributed by atoms with E-state index >= 15 is 9.18 Å². The van der Waals surface area contributed by atoms with Gasteiger partial charge in [-0.05, 0) is 122 Å². The molecule has 3 aromatic carbocycles. The number of hydrogen-bond acceptors (Lipinski definition) is 8. The van der Waals surface area contributed by atoms with Crippen LogP contribution >= 0.6 is 0 Å². The fraction of sp³-hybridized carbons (Fsp3) is 0.292. The highest BCUT2D eigenvalue weighted by Crippen LogP contribution is 2.55. The van der Waals surface area contributed by atoms with Crippen molar-refractivity contribution < 1.29 is 18.8 Å². The number of aromatic nitrogens is 8. The molecule has 0 bridgehead atoms. The molecule has 7 heterocycles. The van der Waals surface area contributed by atoms with Crippen molar-refractivity contribution in [2.24, 2.45) is 13.0 Å². The summed E-state index contributed by atoms with van der Waals surface area (Å²) in [4.78, 5) is 54.1. The van der Waals surface area contributed by atoms with Crippen LogP contribution in [0.15, 0.2) is 90.2 Å². The first kappa shape index (κ1) is 39.5. The van der Waals surface area contributed by atoms with Crippen molar-refractivity contribution in [2.75, 3.05) is 6.54 Å². The molecule has 1 saturated carbocycles. The van der Waals surface area contributed by atoms with Crippen molar-refractivity contribution in [1.82, 2.24) is 53.9 Å². The zero-order valence-electron chi connectivity index (χ0n) is 36.3. The summed E-state index contributed by atoms with van der Waals surface area (Å²) in [5.74, 6) is 0.0376. The Morgan fingerprint density at radius 1 is 0.953 bits per heavy atom. The molecule has 2 fully saturated rings. The van der Waals surface area contributed by atoms with Crippen molar-refractivity contribution in [3.8, 4) is 28.3 Å². The Balaban J connectivity index is 1.04. The van der Waals surface area contributed by atoms with Crippen molar-refractivity contribution >= 4 is 33.8 Å². The quantitative estimate of drug-likeness (QED) is 0.169. The van der Waals surface area contributed by atoms with Crippen LogP contribution in [0, 0.1) is 32.5 Å². The van der Waals surface area contributed by atoms with Gasteiger partial charge in [0, 0.05) is 66.2 Å². The molecular formula is C48H46FN11O4. The predicted octanol–water partition coefficient (Wildman–Crippen LogP) is 6.85. The summed E-state index contributed by atoms with van der Waals surface area (Å²) in [6.45, 7) is 10.2. The van der Waals surface area contributed by atoms with Gasteiger partial charge in [0.1, 0.15) is 23.5 Å². The Kier molecular flexibility index (Phi) is 8.86. The van der Waals surface area contributed by atoms with E-state index in [0.717, 1.165) is 56.3 Å². The smallest absolute Gasteiger partial charge is 0.352 e. The number of benzene rings is 3. The van der Waals surface area contributed by atoms with Crippen LogP contribution in [0.4, 0.5) is 9.18 Å². The van der Waals surface area contributed by atoms with Gasteiger partial charge < -0.3 is 14.3 Å². The van der Waals surface area contributed by atoms with Gasteiger partial charge in [-0.2, -0.15) is 10.2 Å². The minimum atomic E-state index is -0.702. The van der Waals surface area contributed by atoms with Crippen LogP contribution in [0.1, 0.15) is 64.4 Å². The number of nitrogens with one attached hydrogen (secondary N) is 2. The highest BCUT2D eigenvalue weighted by atomic mass is 19.1. The molecule has 2 N–H and O–H groups in total. The Labute approximate surface area is 366 Å². The number of aryl methyl sites for hydroxylation is 4. The molecule has 0 spiro atoms. The maximum absolute atomic E-state index is 15.4. The van der Waals surface area contributed by atoms with Crippen LogP contribution in [-0.2, 0) is 36.8 Å². The average molecular weight is 860 g/mol. The number of halogens is 1. The Morgan fingerprint density at radius 2 is 1.72 bits per heavy atom. The summed E-state index contributed by atoms with van der Waals surface area (Å²) in [7, 11) is 1.87. The maximum Gasteiger partial charge on any atom is 0.427 e. The van der Waals surface area contributed by atoms with Gasteiger partial charge in [0.25, 0.3) is 5.91 Å². The van der Waals surface area contributed by atoms with E-state index in [-0.39, 0.29) is 29.9 Å². The van der Waals surface area contributed by atoms with E-state index in [4.69, 9.17) is 9.94 Å². The largest absolute Gasteiger partial charge is 0.427 e. The summed E-state index contributed by atoms with van der Waals surface area (Å²) in [6, 6.07) is 19.4. The van der Waals surface area contributed by atoms with E-state index in [1.807, 2.05) is 43.6 Å². The highest BCUT2D eigenvalue weighted by Gasteiger charge is 2.62. The molecule has 11 rings (SSSR count). The molecule has 2 amide bonds. The lowest BCUT2D eigenvalue weighted by Crippen LogP contribution is -2.49. The van der Waals surface area contributed by atoms with Gasteiger partial charge in [0.2, 0.25) is 0 Å². The van der Waals surface area contributed by atoms with Gasteiger partial charge >= 0.3 is 11.8 Å². The van der Waals surface area contributed by atoms with E-state index in [0.29, 0.717) is 59.0 Å². The molecule has 3 atom stereocenters. The molecule has 2 aliphatic heterocycles. The van der Waals surface area contributed by atoms with Crippen LogP contribution in [0.3, 0.4) is 0 Å². The van der Waals surface area contributed by atoms with E-state index in [1.165, 1.54) is 0 Å². The van der Waals surface area contributed by atoms with Crippen LogP contribution in [0.2, 0.25) is 0 Å². The van der Waals surface area contributed by atoms with E-state index in [1.54, 1.807) is 68.0 Å². The molecule has 1 aliphatic carbocycles. The molecule has 324 valence electrons. The van der Waals surface area contributed by atoms with Gasteiger partial charge in [-0.15, -0.1) is 5.48 Å². The summed E-state index contributed by atoms with van der Waals surface area (Å²) >= 11 is 0. The number of carbonyl (C=O) groups is 2. The lowest BCUT2D eigenvalue weighted by molar-refractivity contribution is 0.0709. The third-order valence-electron chi connectivity index (χ3n) is 13.7. The molecule has 1 unspecified atom stereocenters. The molecule has 0 radical (unpaired) electrons. The Hall–Kier alpha value is -7.33. The molecule has 8 aromatic rings. The lowest BCUT2D eigenvalue weighted by Gasteiger charge is -2.31. The fourth-order valence-electron chi connectivity index (χ4n) is 10.2. The molecule has 3 aliphatic rings. The lowest BCUT2D eigenvalue weighted by atomic mass is 9.98. The van der Waals surface area contributed by atoms with Crippen LogP contribution in [0.5, 0.6) is 0 Å². The summed E-state index contributed by atoms with van der Waals surface area (Å²) in [5, 5.41) is 14.2. The fourth-order valence-corrected chi connectivity index (χ4v) is 10.2. The first-order valence-electron chi connectivity index (χ1n) is 21.6. The van der Waals surface area contributed by atoms with Gasteiger partial charge in [-0.25, -0.2) is 18.7 Å². The number of pyridine rings is 1. The SMILES string of the molecule is CCc1nccc(-c2ccc3c(c2)cc(C(=O)N2CCc4nn(-c5cc(C)c(F)c(C)c5)c(-n5ccn(-c6ccc7c(cnn7C)c6)c5=O)c4C2)n3[C@@]2(C3NOC(=O)N3)C[C@@H]2C)c1C. The number of rotatable bonds is 8. The van der Waals surface area contributed by atoms with Gasteiger partial charge in [-0.3, -0.25) is 28.9 Å². The first-order valence-corrected chi connectivity index (χ1v) is 21.6. The predicted molar refractivity (Wildman–Crippen MR) is 238 cm³/mol. The second kappa shape index (κ2) is 14.4. The minimum absolute atomic E-state index is 0.0820. The van der Waals surface area contributed by atoms with Gasteiger partial charge in [0.05, 0.1) is 40.9 Å². The number of amides is 2. The average Bonchev–Trinajstić information content (AvgIpc) is 3.91. The Bertz CT molecular complexity index is 3310. The maximum atomic E-state index is 15.4. The van der Waals surface area contributed by atoms with Gasteiger partial charge in [-0.1, -0.05) is 19.9 Å². The molecule has 16 heteroatoms. The standard InChI is InChI=1S/C48H46FN11O4/c1-7-37-29(5)35(12-14-50-37)30-8-10-40-31(20-30)22-41(59(40)48(23-28(48)4)45-52-46(62)64-54-45)44(61)56-15-13-38-36(25-56)43(60(53-38)34-18-26(2)42(49)27(3)19-34)58-17-16-57(47(58)63)33-9-11-39-32(21-33)24-51-55(39)6/h8-12,14,16-22,24,28,45,54H,7,13,15,23,25H2,1-6H3,(H,52,62)/t28-,45?,48-/m0/s1. The summed E-state index contributed by atoms with van der Waals surface area (Å²) in [5.41, 5.74) is 11.9. The first-order chi connectivity index (χ1) is 30.9. The molecule has 15 nitrogen and oxygen atoms in total. The number of fused-ring (bicyclic) bond motifs is 3. The number of carbonyl (C=O) groups excluding carboxylic acids is 2. The minimum Gasteiger partial charge on any atom is -0.352 e. The third kappa shape index (κ3) is 5.88. The molecule has 5 aromatic heterocycles. The zero-order valence-corrected chi connectivity index (χ0v) is 36.3. The van der Waals surface area contributed by atoms with E-state index in [9.17, 15) is 9.59 Å². The van der Waals surface area contributed by atoms with E-state index in [2.05, 4.69) is 64.4 Å². The van der Waals surface area contributed by atoms with Crippen LogP contribution in [0.25, 0.3) is 50.1 Å². The second-order valence-corrected chi connectivity index (χ2v) is 17.5. The van der Waals surface area contributed by atoms with Crippen molar-refractivity contribution in [2.45, 2.75) is 72.1 Å². The number of imidazole rings is 1. The normalized spacial score (nSPS) is 19.4. The monoisotopic (exact) mass is 859 g/mol. The molecule has 64 heavy (non-hydrogen) atoms. The summed E-state index contributed by atoms with van der Waals surface area (Å²) < 4.78 is 23.8.